The van der Waals surface area contributed by atoms with E-state index in [-0.39, 0.29) is 12.4 Å². The zero-order valence-electron chi connectivity index (χ0n) is 7.64. The Morgan fingerprint density at radius 3 is 2.86 bits per heavy atom. The summed E-state index contributed by atoms with van der Waals surface area (Å²) < 4.78 is 0. The molecule has 14 heavy (non-hydrogen) atoms. The minimum atomic E-state index is 0.117. The first kappa shape index (κ1) is 8.97. The summed E-state index contributed by atoms with van der Waals surface area (Å²) >= 11 is 0. The fraction of sp³-hybridized carbons (Fsp3) is 0.182. The minimum Gasteiger partial charge on any atom is -0.508 e. The molecule has 0 aliphatic carbocycles. The van der Waals surface area contributed by atoms with Gasteiger partial charge in [-0.05, 0) is 36.2 Å². The third kappa shape index (κ3) is 1.67. The van der Waals surface area contributed by atoms with Gasteiger partial charge in [-0.3, -0.25) is 4.98 Å². The van der Waals surface area contributed by atoms with Gasteiger partial charge in [-0.1, -0.05) is 0 Å². The molecule has 1 heterocycles. The van der Waals surface area contributed by atoms with Crippen LogP contribution in [0.4, 0.5) is 0 Å². The fourth-order valence-corrected chi connectivity index (χ4v) is 1.43. The molecule has 0 spiro atoms. The summed E-state index contributed by atoms with van der Waals surface area (Å²) in [7, 11) is 0. The standard InChI is InChI=1S/C11H11NO2/c13-4-3-8-5-9-6-10(14)1-2-11(9)12-7-8/h1-2,5-7,13-14H,3-4H2. The van der Waals surface area contributed by atoms with Gasteiger partial charge in [0, 0.05) is 18.2 Å². The molecule has 72 valence electrons. The molecule has 0 radical (unpaired) electrons. The highest BCUT2D eigenvalue weighted by molar-refractivity contribution is 5.80. The molecule has 0 aliphatic heterocycles. The number of phenols is 1. The van der Waals surface area contributed by atoms with Gasteiger partial charge in [0.15, 0.2) is 0 Å². The lowest BCUT2D eigenvalue weighted by Gasteiger charge is -2.01. The summed E-state index contributed by atoms with van der Waals surface area (Å²) in [6, 6.07) is 6.98. The van der Waals surface area contributed by atoms with Gasteiger partial charge in [0.05, 0.1) is 5.52 Å². The van der Waals surface area contributed by atoms with E-state index in [1.807, 2.05) is 6.07 Å². The Hall–Kier alpha value is -1.61. The molecular formula is C11H11NO2. The molecule has 2 N–H and O–H groups in total. The predicted molar refractivity (Wildman–Crippen MR) is 54.2 cm³/mol. The lowest BCUT2D eigenvalue weighted by atomic mass is 10.1. The van der Waals surface area contributed by atoms with E-state index in [1.165, 1.54) is 0 Å². The molecule has 2 rings (SSSR count). The van der Waals surface area contributed by atoms with Gasteiger partial charge in [0.25, 0.3) is 0 Å². The van der Waals surface area contributed by atoms with Crippen LogP contribution in [-0.2, 0) is 6.42 Å². The maximum Gasteiger partial charge on any atom is 0.116 e. The van der Waals surface area contributed by atoms with Crippen molar-refractivity contribution in [3.63, 3.8) is 0 Å². The summed E-state index contributed by atoms with van der Waals surface area (Å²) in [5.74, 6) is 0.237. The molecule has 0 saturated heterocycles. The van der Waals surface area contributed by atoms with E-state index >= 15 is 0 Å². The van der Waals surface area contributed by atoms with E-state index in [0.29, 0.717) is 6.42 Å². The highest BCUT2D eigenvalue weighted by atomic mass is 16.3. The summed E-state index contributed by atoms with van der Waals surface area (Å²) in [5.41, 5.74) is 1.83. The van der Waals surface area contributed by atoms with Crippen molar-refractivity contribution >= 4 is 10.9 Å². The van der Waals surface area contributed by atoms with Crippen LogP contribution in [0.5, 0.6) is 5.75 Å². The first-order valence-corrected chi connectivity index (χ1v) is 4.48. The van der Waals surface area contributed by atoms with Crippen molar-refractivity contribution in [2.45, 2.75) is 6.42 Å². The monoisotopic (exact) mass is 189 g/mol. The minimum absolute atomic E-state index is 0.117. The molecule has 2 aromatic rings. The van der Waals surface area contributed by atoms with Crippen LogP contribution in [-0.4, -0.2) is 21.8 Å². The lowest BCUT2D eigenvalue weighted by Crippen LogP contribution is -1.91. The van der Waals surface area contributed by atoms with E-state index in [1.54, 1.807) is 24.4 Å². The quantitative estimate of drug-likeness (QED) is 0.752. The number of rotatable bonds is 2. The summed E-state index contributed by atoms with van der Waals surface area (Å²) in [6.45, 7) is 0.117. The number of pyridine rings is 1. The molecule has 0 unspecified atom stereocenters. The van der Waals surface area contributed by atoms with Crippen LogP contribution in [0.2, 0.25) is 0 Å². The fourth-order valence-electron chi connectivity index (χ4n) is 1.43. The van der Waals surface area contributed by atoms with Crippen LogP contribution in [0.1, 0.15) is 5.56 Å². The average molecular weight is 189 g/mol. The first-order chi connectivity index (χ1) is 6.79. The molecule has 0 amide bonds. The van der Waals surface area contributed by atoms with Crippen LogP contribution in [0, 0.1) is 0 Å². The predicted octanol–water partition coefficient (Wildman–Crippen LogP) is 1.48. The lowest BCUT2D eigenvalue weighted by molar-refractivity contribution is 0.299. The Kier molecular flexibility index (Phi) is 2.33. The van der Waals surface area contributed by atoms with Gasteiger partial charge >= 0.3 is 0 Å². The zero-order chi connectivity index (χ0) is 9.97. The highest BCUT2D eigenvalue weighted by Crippen LogP contribution is 2.19. The van der Waals surface area contributed by atoms with Gasteiger partial charge in [0.2, 0.25) is 0 Å². The van der Waals surface area contributed by atoms with Crippen molar-refractivity contribution in [3.05, 3.63) is 36.0 Å². The topological polar surface area (TPSA) is 53.4 Å². The van der Waals surface area contributed by atoms with Crippen molar-refractivity contribution in [2.75, 3.05) is 6.61 Å². The molecular weight excluding hydrogens is 178 g/mol. The van der Waals surface area contributed by atoms with Crippen molar-refractivity contribution < 1.29 is 10.2 Å². The second-order valence-corrected chi connectivity index (χ2v) is 3.19. The van der Waals surface area contributed by atoms with Crippen LogP contribution in [0.25, 0.3) is 10.9 Å². The Bertz CT molecular complexity index is 454. The number of aromatic nitrogens is 1. The number of hydrogen-bond acceptors (Lipinski definition) is 3. The third-order valence-corrected chi connectivity index (χ3v) is 2.12. The van der Waals surface area contributed by atoms with Gasteiger partial charge in [-0.15, -0.1) is 0 Å². The third-order valence-electron chi connectivity index (χ3n) is 2.12. The number of phenolic OH excluding ortho intramolecular Hbond substituents is 1. The number of aromatic hydroxyl groups is 1. The number of fused-ring (bicyclic) bond motifs is 1. The smallest absolute Gasteiger partial charge is 0.116 e. The molecule has 1 aromatic carbocycles. The molecule has 0 atom stereocenters. The Morgan fingerprint density at radius 1 is 1.21 bits per heavy atom. The molecule has 0 fully saturated rings. The van der Waals surface area contributed by atoms with E-state index in [0.717, 1.165) is 16.5 Å². The molecule has 0 aliphatic rings. The van der Waals surface area contributed by atoms with Crippen molar-refractivity contribution in [3.8, 4) is 5.75 Å². The maximum atomic E-state index is 9.27. The van der Waals surface area contributed by atoms with Crippen LogP contribution in [0.3, 0.4) is 0 Å². The second-order valence-electron chi connectivity index (χ2n) is 3.19. The summed E-state index contributed by atoms with van der Waals surface area (Å²) in [4.78, 5) is 4.22. The summed E-state index contributed by atoms with van der Waals surface area (Å²) in [5, 5.41) is 18.9. The Labute approximate surface area is 81.7 Å². The molecule has 3 nitrogen and oxygen atoms in total. The van der Waals surface area contributed by atoms with E-state index in [2.05, 4.69) is 4.98 Å². The van der Waals surface area contributed by atoms with Gasteiger partial charge in [-0.2, -0.15) is 0 Å². The van der Waals surface area contributed by atoms with Crippen molar-refractivity contribution in [1.29, 1.82) is 0 Å². The second kappa shape index (κ2) is 3.64. The largest absolute Gasteiger partial charge is 0.508 e. The SMILES string of the molecule is OCCc1cnc2ccc(O)cc2c1. The van der Waals surface area contributed by atoms with Crippen molar-refractivity contribution in [1.82, 2.24) is 4.98 Å². The van der Waals surface area contributed by atoms with E-state index in [4.69, 9.17) is 5.11 Å². The average Bonchev–Trinajstić information content (AvgIpc) is 2.17. The normalized spacial score (nSPS) is 10.6. The highest BCUT2D eigenvalue weighted by Gasteiger charge is 1.98. The number of nitrogens with zero attached hydrogens (tertiary/aromatic N) is 1. The summed E-state index contributed by atoms with van der Waals surface area (Å²) in [6.07, 6.45) is 2.34. The van der Waals surface area contributed by atoms with Crippen LogP contribution in [0.15, 0.2) is 30.5 Å². The van der Waals surface area contributed by atoms with Gasteiger partial charge in [-0.25, -0.2) is 0 Å². The number of aliphatic hydroxyl groups excluding tert-OH is 1. The van der Waals surface area contributed by atoms with Gasteiger partial charge < -0.3 is 10.2 Å². The van der Waals surface area contributed by atoms with E-state index < -0.39 is 0 Å². The van der Waals surface area contributed by atoms with E-state index in [9.17, 15) is 5.11 Å². The first-order valence-electron chi connectivity index (χ1n) is 4.48. The van der Waals surface area contributed by atoms with Crippen molar-refractivity contribution in [2.24, 2.45) is 0 Å². The Morgan fingerprint density at radius 2 is 2.07 bits per heavy atom. The van der Waals surface area contributed by atoms with Gasteiger partial charge in [0.1, 0.15) is 5.75 Å². The number of aliphatic hydroxyl groups is 1. The number of benzene rings is 1. The Balaban J connectivity index is 2.52. The van der Waals surface area contributed by atoms with Crippen LogP contribution < -0.4 is 0 Å². The molecule has 1 aromatic heterocycles. The molecule has 0 bridgehead atoms. The van der Waals surface area contributed by atoms with Crippen LogP contribution >= 0.6 is 0 Å². The zero-order valence-corrected chi connectivity index (χ0v) is 7.64. The maximum absolute atomic E-state index is 9.27. The molecule has 0 saturated carbocycles. The number of hydrogen-bond donors (Lipinski definition) is 2. The molecule has 3 heteroatoms.